The average molecular weight is 376 g/mol. The molecule has 2 aromatic carbocycles. The van der Waals surface area contributed by atoms with E-state index in [1.807, 2.05) is 66.7 Å². The molecule has 1 aliphatic rings. The van der Waals surface area contributed by atoms with Gasteiger partial charge in [-0.05, 0) is 67.8 Å². The Morgan fingerprint density at radius 2 is 1.61 bits per heavy atom. The molecule has 0 saturated carbocycles. The number of ketones is 1. The van der Waals surface area contributed by atoms with Gasteiger partial charge in [0.1, 0.15) is 5.75 Å². The molecule has 0 N–H and O–H groups in total. The highest BCUT2D eigenvalue weighted by atomic mass is 16.5. The van der Waals surface area contributed by atoms with E-state index in [9.17, 15) is 4.79 Å². The first-order valence-electron chi connectivity index (χ1n) is 10.2. The topological polar surface area (TPSA) is 29.5 Å². The standard InChI is InChI=1S/C25H29NO2/c27-24(15-13-22-9-3-1-4-10-22)16-14-23-11-7-12-25(21-23)28-20-8-19-26-17-5-2-6-18-26/h1,3-4,7,9-16,21H,2,5-6,8,17-20H2/b15-13+,16-14+. The number of hydrogen-bond donors (Lipinski definition) is 0. The highest BCUT2D eigenvalue weighted by Crippen LogP contribution is 2.15. The Balaban J connectivity index is 1.43. The number of carbonyl (C=O) groups is 1. The minimum absolute atomic E-state index is 0.0308. The molecule has 146 valence electrons. The van der Waals surface area contributed by atoms with Gasteiger partial charge < -0.3 is 9.64 Å². The van der Waals surface area contributed by atoms with Crippen molar-refractivity contribution in [3.8, 4) is 5.75 Å². The van der Waals surface area contributed by atoms with E-state index in [-0.39, 0.29) is 5.78 Å². The van der Waals surface area contributed by atoms with Crippen molar-refractivity contribution in [1.82, 2.24) is 4.90 Å². The smallest absolute Gasteiger partial charge is 0.178 e. The molecule has 1 saturated heterocycles. The van der Waals surface area contributed by atoms with E-state index in [1.165, 1.54) is 32.4 Å². The van der Waals surface area contributed by atoms with Gasteiger partial charge in [-0.3, -0.25) is 4.79 Å². The van der Waals surface area contributed by atoms with Gasteiger partial charge in [0.05, 0.1) is 6.61 Å². The van der Waals surface area contributed by atoms with E-state index in [0.717, 1.165) is 36.4 Å². The molecule has 2 aromatic rings. The predicted molar refractivity (Wildman–Crippen MR) is 116 cm³/mol. The number of ether oxygens (including phenoxy) is 1. The summed E-state index contributed by atoms with van der Waals surface area (Å²) in [7, 11) is 0. The van der Waals surface area contributed by atoms with Crippen molar-refractivity contribution in [2.75, 3.05) is 26.2 Å². The molecule has 3 nitrogen and oxygen atoms in total. The number of benzene rings is 2. The predicted octanol–water partition coefficient (Wildman–Crippen LogP) is 5.24. The van der Waals surface area contributed by atoms with Gasteiger partial charge in [-0.15, -0.1) is 0 Å². The summed E-state index contributed by atoms with van der Waals surface area (Å²) in [4.78, 5) is 14.6. The van der Waals surface area contributed by atoms with Gasteiger partial charge in [0, 0.05) is 6.54 Å². The van der Waals surface area contributed by atoms with Gasteiger partial charge in [-0.25, -0.2) is 0 Å². The Labute approximate surface area is 168 Å². The van der Waals surface area contributed by atoms with E-state index in [1.54, 1.807) is 12.2 Å². The van der Waals surface area contributed by atoms with Crippen LogP contribution in [0.1, 0.15) is 36.8 Å². The zero-order valence-corrected chi connectivity index (χ0v) is 16.4. The zero-order chi connectivity index (χ0) is 19.4. The van der Waals surface area contributed by atoms with Crippen LogP contribution in [-0.2, 0) is 4.79 Å². The van der Waals surface area contributed by atoms with Crippen molar-refractivity contribution >= 4 is 17.9 Å². The van der Waals surface area contributed by atoms with Crippen LogP contribution < -0.4 is 4.74 Å². The normalized spacial score (nSPS) is 15.3. The largest absolute Gasteiger partial charge is 0.494 e. The van der Waals surface area contributed by atoms with Crippen LogP contribution in [0.15, 0.2) is 66.7 Å². The summed E-state index contributed by atoms with van der Waals surface area (Å²) in [6, 6.07) is 17.7. The van der Waals surface area contributed by atoms with E-state index in [2.05, 4.69) is 4.90 Å². The van der Waals surface area contributed by atoms with Crippen LogP contribution in [0, 0.1) is 0 Å². The van der Waals surface area contributed by atoms with E-state index in [0.29, 0.717) is 0 Å². The molecule has 0 aromatic heterocycles. The lowest BCUT2D eigenvalue weighted by molar-refractivity contribution is -0.110. The van der Waals surface area contributed by atoms with Crippen LogP contribution in [-0.4, -0.2) is 36.9 Å². The first-order valence-corrected chi connectivity index (χ1v) is 10.2. The Hall–Kier alpha value is -2.65. The Morgan fingerprint density at radius 1 is 0.893 bits per heavy atom. The van der Waals surface area contributed by atoms with E-state index in [4.69, 9.17) is 4.74 Å². The van der Waals surface area contributed by atoms with Crippen LogP contribution in [0.3, 0.4) is 0 Å². The van der Waals surface area contributed by atoms with Crippen LogP contribution >= 0.6 is 0 Å². The molecular formula is C25H29NO2. The summed E-state index contributed by atoms with van der Waals surface area (Å²) < 4.78 is 5.89. The maximum Gasteiger partial charge on any atom is 0.178 e. The molecule has 3 heteroatoms. The van der Waals surface area contributed by atoms with Crippen molar-refractivity contribution in [2.24, 2.45) is 0 Å². The molecule has 1 fully saturated rings. The molecule has 1 heterocycles. The fourth-order valence-corrected chi connectivity index (χ4v) is 3.35. The van der Waals surface area contributed by atoms with Crippen LogP contribution in [0.5, 0.6) is 5.75 Å². The second-order valence-electron chi connectivity index (χ2n) is 7.16. The van der Waals surface area contributed by atoms with Crippen LogP contribution in [0.4, 0.5) is 0 Å². The molecule has 0 atom stereocenters. The summed E-state index contributed by atoms with van der Waals surface area (Å²) in [5, 5.41) is 0. The Bertz CT molecular complexity index is 789. The molecule has 0 unspecified atom stereocenters. The lowest BCUT2D eigenvalue weighted by Crippen LogP contribution is -2.31. The van der Waals surface area contributed by atoms with Crippen molar-refractivity contribution in [1.29, 1.82) is 0 Å². The SMILES string of the molecule is O=C(/C=C/c1ccccc1)/C=C/c1cccc(OCCCN2CCCCC2)c1. The quantitative estimate of drug-likeness (QED) is 0.443. The number of nitrogens with zero attached hydrogens (tertiary/aromatic N) is 1. The fourth-order valence-electron chi connectivity index (χ4n) is 3.35. The molecular weight excluding hydrogens is 346 g/mol. The van der Waals surface area contributed by atoms with Crippen LogP contribution in [0.25, 0.3) is 12.2 Å². The van der Waals surface area contributed by atoms with Gasteiger partial charge in [0.15, 0.2) is 5.78 Å². The summed E-state index contributed by atoms with van der Waals surface area (Å²) >= 11 is 0. The van der Waals surface area contributed by atoms with Gasteiger partial charge in [-0.1, -0.05) is 61.0 Å². The third kappa shape index (κ3) is 7.16. The van der Waals surface area contributed by atoms with Crippen molar-refractivity contribution in [2.45, 2.75) is 25.7 Å². The monoisotopic (exact) mass is 375 g/mol. The first-order chi connectivity index (χ1) is 13.8. The lowest BCUT2D eigenvalue weighted by atomic mass is 10.1. The van der Waals surface area contributed by atoms with Crippen molar-refractivity contribution < 1.29 is 9.53 Å². The summed E-state index contributed by atoms with van der Waals surface area (Å²) in [6.07, 6.45) is 11.9. The van der Waals surface area contributed by atoms with Crippen molar-refractivity contribution in [3.63, 3.8) is 0 Å². The number of carbonyl (C=O) groups excluding carboxylic acids is 1. The average Bonchev–Trinajstić information content (AvgIpc) is 2.76. The lowest BCUT2D eigenvalue weighted by Gasteiger charge is -2.26. The van der Waals surface area contributed by atoms with E-state index >= 15 is 0 Å². The molecule has 0 bridgehead atoms. The molecule has 0 amide bonds. The van der Waals surface area contributed by atoms with Crippen LogP contribution in [0.2, 0.25) is 0 Å². The maximum atomic E-state index is 12.0. The Kier molecular flexibility index (Phi) is 8.07. The van der Waals surface area contributed by atoms with E-state index < -0.39 is 0 Å². The van der Waals surface area contributed by atoms with Gasteiger partial charge >= 0.3 is 0 Å². The fraction of sp³-hybridized carbons (Fsp3) is 0.320. The number of hydrogen-bond acceptors (Lipinski definition) is 3. The second-order valence-corrected chi connectivity index (χ2v) is 7.16. The number of piperidine rings is 1. The highest BCUT2D eigenvalue weighted by molar-refractivity contribution is 6.04. The molecule has 1 aliphatic heterocycles. The molecule has 0 aliphatic carbocycles. The number of rotatable bonds is 9. The van der Waals surface area contributed by atoms with Gasteiger partial charge in [0.2, 0.25) is 0 Å². The molecule has 0 radical (unpaired) electrons. The molecule has 0 spiro atoms. The summed E-state index contributed by atoms with van der Waals surface area (Å²) in [6.45, 7) is 4.30. The minimum atomic E-state index is -0.0308. The summed E-state index contributed by atoms with van der Waals surface area (Å²) in [5.41, 5.74) is 1.99. The van der Waals surface area contributed by atoms with Gasteiger partial charge in [-0.2, -0.15) is 0 Å². The third-order valence-corrected chi connectivity index (χ3v) is 4.87. The van der Waals surface area contributed by atoms with Crippen molar-refractivity contribution in [3.05, 3.63) is 77.9 Å². The molecule has 3 rings (SSSR count). The molecule has 28 heavy (non-hydrogen) atoms. The second kappa shape index (κ2) is 11.3. The Morgan fingerprint density at radius 3 is 2.39 bits per heavy atom. The third-order valence-electron chi connectivity index (χ3n) is 4.87. The zero-order valence-electron chi connectivity index (χ0n) is 16.4. The number of allylic oxidation sites excluding steroid dienone is 2. The van der Waals surface area contributed by atoms with Gasteiger partial charge in [0.25, 0.3) is 0 Å². The number of likely N-dealkylation sites (tertiary alicyclic amines) is 1. The maximum absolute atomic E-state index is 12.0. The highest BCUT2D eigenvalue weighted by Gasteiger charge is 2.09. The first kappa shape index (κ1) is 20.1. The minimum Gasteiger partial charge on any atom is -0.494 e. The summed E-state index contributed by atoms with van der Waals surface area (Å²) in [5.74, 6) is 0.824.